The van der Waals surface area contributed by atoms with Crippen molar-refractivity contribution in [2.24, 2.45) is 0 Å². The molecule has 0 amide bonds. The Morgan fingerprint density at radius 1 is 1.05 bits per heavy atom. The Hall–Kier alpha value is -4.28. The lowest BCUT2D eigenvalue weighted by molar-refractivity contribution is -0.146. The fourth-order valence-electron chi connectivity index (χ4n) is 4.30. The predicted molar refractivity (Wildman–Crippen MR) is 156 cm³/mol. The minimum Gasteiger partial charge on any atom is -0.460 e. The summed E-state index contributed by atoms with van der Waals surface area (Å²) >= 11 is 0. The summed E-state index contributed by atoms with van der Waals surface area (Å²) in [7, 11) is -4.13. The monoisotopic (exact) mass is 591 g/mol. The number of esters is 1. The summed E-state index contributed by atoms with van der Waals surface area (Å²) in [6, 6.07) is 21.0. The molecular formula is C30H30N3O8P. The van der Waals surface area contributed by atoms with Gasteiger partial charge in [-0.15, -0.1) is 0 Å². The predicted octanol–water partition coefficient (Wildman–Crippen LogP) is 4.38. The second-order valence-electron chi connectivity index (χ2n) is 9.77. The summed E-state index contributed by atoms with van der Waals surface area (Å²) in [5.74, 6) is -0.380. The average Bonchev–Trinajstić information content (AvgIpc) is 3.46. The van der Waals surface area contributed by atoms with Crippen molar-refractivity contribution >= 4 is 24.5 Å². The van der Waals surface area contributed by atoms with Crippen LogP contribution in [0.25, 0.3) is 10.8 Å². The molecule has 1 aliphatic heterocycles. The summed E-state index contributed by atoms with van der Waals surface area (Å²) in [4.78, 5) is 39.0. The average molecular weight is 592 g/mol. The van der Waals surface area contributed by atoms with Crippen LogP contribution in [0, 0.1) is 6.92 Å². The third-order valence-electron chi connectivity index (χ3n) is 6.50. The van der Waals surface area contributed by atoms with Gasteiger partial charge in [-0.25, -0.2) is 9.36 Å². The molecule has 1 aromatic heterocycles. The second kappa shape index (κ2) is 12.7. The number of H-pyrrole nitrogens is 1. The quantitative estimate of drug-likeness (QED) is 0.148. The number of para-hydroxylation sites is 1. The first kappa shape index (κ1) is 29.2. The van der Waals surface area contributed by atoms with Crippen molar-refractivity contribution in [2.75, 3.05) is 6.61 Å². The number of aromatic amines is 1. The maximum atomic E-state index is 13.8. The van der Waals surface area contributed by atoms with Crippen molar-refractivity contribution in [1.82, 2.24) is 14.6 Å². The van der Waals surface area contributed by atoms with E-state index in [2.05, 4.69) is 10.1 Å². The van der Waals surface area contributed by atoms with Crippen molar-refractivity contribution in [1.29, 1.82) is 0 Å². The van der Waals surface area contributed by atoms with Gasteiger partial charge in [-0.3, -0.25) is 23.7 Å². The van der Waals surface area contributed by atoms with Crippen LogP contribution in [0.3, 0.4) is 0 Å². The number of nitrogens with one attached hydrogen (secondary N) is 2. The minimum atomic E-state index is -4.13. The molecule has 12 heteroatoms. The van der Waals surface area contributed by atoms with Gasteiger partial charge in [0, 0.05) is 11.8 Å². The molecule has 0 saturated carbocycles. The van der Waals surface area contributed by atoms with E-state index in [1.165, 1.54) is 17.7 Å². The van der Waals surface area contributed by atoms with Gasteiger partial charge in [0.25, 0.3) is 5.56 Å². The van der Waals surface area contributed by atoms with E-state index in [4.69, 9.17) is 18.5 Å². The zero-order chi connectivity index (χ0) is 29.7. The number of fused-ring (bicyclic) bond motifs is 1. The number of aryl methyl sites for hydroxylation is 1. The first-order chi connectivity index (χ1) is 20.2. The number of carbonyl (C=O) groups is 1. The molecule has 2 unspecified atom stereocenters. The van der Waals surface area contributed by atoms with Gasteiger partial charge in [0.2, 0.25) is 0 Å². The van der Waals surface area contributed by atoms with E-state index in [-0.39, 0.29) is 19.0 Å². The first-order valence-electron chi connectivity index (χ1n) is 13.3. The van der Waals surface area contributed by atoms with Crippen LogP contribution in [0.1, 0.15) is 24.3 Å². The maximum Gasteiger partial charge on any atom is 0.459 e. The first-order valence-corrected chi connectivity index (χ1v) is 14.8. The van der Waals surface area contributed by atoms with E-state index in [0.717, 1.165) is 16.3 Å². The van der Waals surface area contributed by atoms with Crippen molar-refractivity contribution in [3.05, 3.63) is 123 Å². The molecular weight excluding hydrogens is 561 g/mol. The molecule has 1 aliphatic rings. The summed E-state index contributed by atoms with van der Waals surface area (Å²) in [5, 5.41) is 4.76. The van der Waals surface area contributed by atoms with E-state index in [1.807, 2.05) is 42.5 Å². The molecule has 2 heterocycles. The molecule has 0 bridgehead atoms. The molecule has 3 aromatic carbocycles. The van der Waals surface area contributed by atoms with Gasteiger partial charge >= 0.3 is 19.4 Å². The van der Waals surface area contributed by atoms with Crippen LogP contribution < -0.4 is 20.9 Å². The highest BCUT2D eigenvalue weighted by molar-refractivity contribution is 7.52. The molecule has 4 atom stereocenters. The zero-order valence-electron chi connectivity index (χ0n) is 23.0. The van der Waals surface area contributed by atoms with Crippen LogP contribution >= 0.6 is 7.75 Å². The normalized spacial score (nSPS) is 18.4. The molecule has 0 radical (unpaired) electrons. The van der Waals surface area contributed by atoms with Gasteiger partial charge in [-0.2, -0.15) is 5.09 Å². The lowest BCUT2D eigenvalue weighted by Gasteiger charge is -2.24. The Kier molecular flexibility index (Phi) is 8.84. The number of benzene rings is 3. The zero-order valence-corrected chi connectivity index (χ0v) is 23.9. The molecule has 0 fully saturated rings. The highest BCUT2D eigenvalue weighted by Crippen LogP contribution is 2.45. The standard InChI is InChI=1S/C30H30N3O8P/c1-20-17-33(30(36)31-28(20)34)27-15-14-26(40-27)19-39-42(37,41-25-10-4-3-5-11-25)32-21(2)29(35)38-18-22-12-13-23-8-6-7-9-24(23)16-22/h3-17,21,26-27H,18-19H2,1-2H3,(H,32,37)(H,31,34,36)/t21?,26-,27+,42?/m0/s1. The molecule has 0 aliphatic carbocycles. The van der Waals surface area contributed by atoms with Crippen LogP contribution in [-0.4, -0.2) is 34.3 Å². The Balaban J connectivity index is 1.22. The van der Waals surface area contributed by atoms with Crippen LogP contribution in [-0.2, 0) is 30.0 Å². The smallest absolute Gasteiger partial charge is 0.459 e. The molecule has 0 saturated heterocycles. The third-order valence-corrected chi connectivity index (χ3v) is 8.15. The molecule has 2 N–H and O–H groups in total. The Morgan fingerprint density at radius 3 is 2.57 bits per heavy atom. The summed E-state index contributed by atoms with van der Waals surface area (Å²) in [5.41, 5.74) is 0.0502. The molecule has 11 nitrogen and oxygen atoms in total. The van der Waals surface area contributed by atoms with Gasteiger partial charge in [0.05, 0.1) is 6.61 Å². The van der Waals surface area contributed by atoms with Gasteiger partial charge in [0.1, 0.15) is 24.5 Å². The van der Waals surface area contributed by atoms with Crippen molar-refractivity contribution in [3.63, 3.8) is 0 Å². The highest BCUT2D eigenvalue weighted by atomic mass is 31.2. The number of hydrogen-bond donors (Lipinski definition) is 2. The molecule has 218 valence electrons. The van der Waals surface area contributed by atoms with E-state index in [1.54, 1.807) is 49.4 Å². The molecule has 5 rings (SSSR count). The SMILES string of the molecule is Cc1cn([C@H]2C=C[C@@H](COP(=O)(NC(C)C(=O)OCc3ccc4ccccc4c3)Oc3ccccc3)O2)c(=O)[nH]c1=O. The number of aromatic nitrogens is 2. The van der Waals surface area contributed by atoms with Crippen molar-refractivity contribution < 1.29 is 27.9 Å². The second-order valence-corrected chi connectivity index (χ2v) is 11.5. The van der Waals surface area contributed by atoms with Crippen LogP contribution in [0.2, 0.25) is 0 Å². The van der Waals surface area contributed by atoms with E-state index >= 15 is 0 Å². The maximum absolute atomic E-state index is 13.8. The lowest BCUT2D eigenvalue weighted by Crippen LogP contribution is -2.36. The third kappa shape index (κ3) is 7.13. The largest absolute Gasteiger partial charge is 0.460 e. The number of hydrogen-bond acceptors (Lipinski definition) is 8. The van der Waals surface area contributed by atoms with Crippen molar-refractivity contribution in [3.8, 4) is 5.75 Å². The highest BCUT2D eigenvalue weighted by Gasteiger charge is 2.34. The summed E-state index contributed by atoms with van der Waals surface area (Å²) in [6.45, 7) is 2.89. The van der Waals surface area contributed by atoms with Gasteiger partial charge in [0.15, 0.2) is 6.23 Å². The minimum absolute atomic E-state index is 0.0338. The molecule has 42 heavy (non-hydrogen) atoms. The van der Waals surface area contributed by atoms with Crippen LogP contribution in [0.15, 0.2) is 101 Å². The van der Waals surface area contributed by atoms with Crippen molar-refractivity contribution in [2.45, 2.75) is 38.8 Å². The lowest BCUT2D eigenvalue weighted by atomic mass is 10.1. The fourth-order valence-corrected chi connectivity index (χ4v) is 5.80. The van der Waals surface area contributed by atoms with E-state index in [9.17, 15) is 18.9 Å². The number of nitrogens with zero attached hydrogens (tertiary/aromatic N) is 1. The Morgan fingerprint density at radius 2 is 1.79 bits per heavy atom. The fraction of sp³-hybridized carbons (Fsp3) is 0.233. The number of ether oxygens (including phenoxy) is 2. The topological polar surface area (TPSA) is 138 Å². The molecule has 0 spiro atoms. The summed E-state index contributed by atoms with van der Waals surface area (Å²) < 4.78 is 37.8. The van der Waals surface area contributed by atoms with Crippen LogP contribution in [0.5, 0.6) is 5.75 Å². The van der Waals surface area contributed by atoms with Gasteiger partial charge in [-0.05, 0) is 54.5 Å². The Bertz CT molecular complexity index is 1770. The van der Waals surface area contributed by atoms with Gasteiger partial charge in [-0.1, -0.05) is 60.7 Å². The number of rotatable bonds is 11. The Labute approximate surface area is 241 Å². The van der Waals surface area contributed by atoms with Gasteiger partial charge < -0.3 is 14.0 Å². The molecule has 4 aromatic rings. The number of carbonyl (C=O) groups excluding carboxylic acids is 1. The summed E-state index contributed by atoms with van der Waals surface area (Å²) in [6.07, 6.45) is 3.17. The van der Waals surface area contributed by atoms with Crippen LogP contribution in [0.4, 0.5) is 0 Å². The van der Waals surface area contributed by atoms with E-state index in [0.29, 0.717) is 5.56 Å². The van der Waals surface area contributed by atoms with E-state index < -0.39 is 43.3 Å².